The van der Waals surface area contributed by atoms with Crippen LogP contribution in [0.2, 0.25) is 0 Å². The molecule has 2 heterocycles. The number of piperidine rings is 1. The summed E-state index contributed by atoms with van der Waals surface area (Å²) in [5, 5.41) is 0. The molecular formula is C25H28N2O4. The van der Waals surface area contributed by atoms with Crippen LogP contribution in [0.15, 0.2) is 48.2 Å². The van der Waals surface area contributed by atoms with Crippen LogP contribution in [-0.4, -0.2) is 44.0 Å². The lowest BCUT2D eigenvalue weighted by Gasteiger charge is -2.33. The van der Waals surface area contributed by atoms with E-state index in [0.29, 0.717) is 39.9 Å². The molecule has 6 heteroatoms. The summed E-state index contributed by atoms with van der Waals surface area (Å²) in [5.41, 5.74) is 2.87. The second-order valence-corrected chi connectivity index (χ2v) is 8.24. The number of carbonyl (C=O) groups is 2. The van der Waals surface area contributed by atoms with Gasteiger partial charge in [-0.2, -0.15) is 0 Å². The van der Waals surface area contributed by atoms with Crippen molar-refractivity contribution in [2.24, 2.45) is 5.92 Å². The first kappa shape index (κ1) is 21.0. The van der Waals surface area contributed by atoms with E-state index >= 15 is 0 Å². The van der Waals surface area contributed by atoms with Crippen molar-refractivity contribution in [3.8, 4) is 11.5 Å². The predicted octanol–water partition coefficient (Wildman–Crippen LogP) is 4.03. The third kappa shape index (κ3) is 3.67. The lowest BCUT2D eigenvalue weighted by atomic mass is 9.97. The monoisotopic (exact) mass is 420 g/mol. The van der Waals surface area contributed by atoms with Gasteiger partial charge in [0.1, 0.15) is 17.2 Å². The average molecular weight is 421 g/mol. The summed E-state index contributed by atoms with van der Waals surface area (Å²) in [6, 6.07) is 12.9. The maximum atomic E-state index is 13.8. The molecule has 0 spiro atoms. The molecule has 2 aliphatic rings. The molecule has 2 aromatic carbocycles. The van der Waals surface area contributed by atoms with Gasteiger partial charge < -0.3 is 14.4 Å². The molecule has 31 heavy (non-hydrogen) atoms. The van der Waals surface area contributed by atoms with Gasteiger partial charge in [0.25, 0.3) is 11.8 Å². The van der Waals surface area contributed by atoms with E-state index in [1.807, 2.05) is 43.3 Å². The Bertz CT molecular complexity index is 1060. The first-order valence-electron chi connectivity index (χ1n) is 10.6. The van der Waals surface area contributed by atoms with E-state index in [9.17, 15) is 9.59 Å². The van der Waals surface area contributed by atoms with Gasteiger partial charge in [-0.15, -0.1) is 0 Å². The number of aryl methyl sites for hydroxylation is 1. The zero-order valence-electron chi connectivity index (χ0n) is 18.5. The fourth-order valence-corrected chi connectivity index (χ4v) is 4.49. The summed E-state index contributed by atoms with van der Waals surface area (Å²) >= 11 is 0. The molecule has 2 aliphatic heterocycles. The fourth-order valence-electron chi connectivity index (χ4n) is 4.49. The number of likely N-dealkylation sites (tertiary alicyclic amines) is 1. The molecule has 2 amide bonds. The minimum Gasteiger partial charge on any atom is -0.496 e. The Morgan fingerprint density at radius 1 is 0.968 bits per heavy atom. The summed E-state index contributed by atoms with van der Waals surface area (Å²) in [6.45, 7) is 5.59. The number of para-hydroxylation sites is 1. The van der Waals surface area contributed by atoms with Crippen LogP contribution in [0, 0.1) is 12.8 Å². The van der Waals surface area contributed by atoms with Gasteiger partial charge in [0, 0.05) is 18.7 Å². The van der Waals surface area contributed by atoms with Crippen molar-refractivity contribution in [2.75, 3.05) is 32.2 Å². The Hall–Kier alpha value is -3.28. The van der Waals surface area contributed by atoms with Crippen LogP contribution in [-0.2, 0) is 9.59 Å². The van der Waals surface area contributed by atoms with E-state index in [0.717, 1.165) is 31.5 Å². The number of hydrogen-bond acceptors (Lipinski definition) is 5. The van der Waals surface area contributed by atoms with E-state index in [-0.39, 0.29) is 11.8 Å². The van der Waals surface area contributed by atoms with Crippen LogP contribution < -0.4 is 14.4 Å². The number of methoxy groups -OCH3 is 2. The van der Waals surface area contributed by atoms with Crippen LogP contribution in [0.3, 0.4) is 0 Å². The number of ether oxygens (including phenoxy) is 2. The van der Waals surface area contributed by atoms with E-state index in [1.54, 1.807) is 20.3 Å². The Balaban J connectivity index is 1.90. The van der Waals surface area contributed by atoms with Crippen molar-refractivity contribution < 1.29 is 19.1 Å². The third-order valence-electron chi connectivity index (χ3n) is 5.98. The zero-order valence-corrected chi connectivity index (χ0v) is 18.5. The molecular weight excluding hydrogens is 392 g/mol. The van der Waals surface area contributed by atoms with Gasteiger partial charge in [0.2, 0.25) is 0 Å². The number of hydrogen-bond donors (Lipinski definition) is 0. The molecule has 2 aromatic rings. The third-order valence-corrected chi connectivity index (χ3v) is 5.98. The zero-order chi connectivity index (χ0) is 22.1. The van der Waals surface area contributed by atoms with Gasteiger partial charge in [-0.1, -0.05) is 31.2 Å². The standard InChI is InChI=1S/C25H28N2O4/c1-16-11-12-21(31-4)19(14-16)27-24(28)22(18-9-5-6-10-20(18)30-3)23(25(27)29)26-13-7-8-17(2)15-26/h5-6,9-12,14,17H,7-8,13,15H2,1-4H3. The van der Waals surface area contributed by atoms with E-state index in [2.05, 4.69) is 11.8 Å². The molecule has 1 atom stereocenters. The largest absolute Gasteiger partial charge is 0.496 e. The van der Waals surface area contributed by atoms with Gasteiger partial charge in [0.05, 0.1) is 25.5 Å². The smallest absolute Gasteiger partial charge is 0.282 e. The Morgan fingerprint density at radius 2 is 1.71 bits per heavy atom. The molecule has 0 radical (unpaired) electrons. The molecule has 0 aliphatic carbocycles. The quantitative estimate of drug-likeness (QED) is 0.684. The second kappa shape index (κ2) is 8.46. The number of anilines is 1. The molecule has 1 unspecified atom stereocenters. The van der Waals surface area contributed by atoms with Crippen LogP contribution in [0.1, 0.15) is 30.9 Å². The molecule has 0 bridgehead atoms. The van der Waals surface area contributed by atoms with Crippen LogP contribution in [0.4, 0.5) is 5.69 Å². The molecule has 0 aromatic heterocycles. The fraction of sp³-hybridized carbons (Fsp3) is 0.360. The molecule has 1 fully saturated rings. The summed E-state index contributed by atoms with van der Waals surface area (Å²) in [6.07, 6.45) is 2.10. The van der Waals surface area contributed by atoms with E-state index < -0.39 is 0 Å². The Kier molecular flexibility index (Phi) is 5.72. The van der Waals surface area contributed by atoms with E-state index in [1.165, 1.54) is 4.90 Å². The number of imide groups is 1. The highest BCUT2D eigenvalue weighted by Gasteiger charge is 2.44. The number of carbonyl (C=O) groups excluding carboxylic acids is 2. The van der Waals surface area contributed by atoms with Gasteiger partial charge >= 0.3 is 0 Å². The molecule has 1 saturated heterocycles. The summed E-state index contributed by atoms with van der Waals surface area (Å²) in [4.78, 5) is 30.9. The summed E-state index contributed by atoms with van der Waals surface area (Å²) < 4.78 is 11.0. The van der Waals surface area contributed by atoms with Crippen molar-refractivity contribution in [3.05, 3.63) is 59.3 Å². The average Bonchev–Trinajstić information content (AvgIpc) is 3.03. The number of rotatable bonds is 5. The predicted molar refractivity (Wildman–Crippen MR) is 120 cm³/mol. The lowest BCUT2D eigenvalue weighted by Crippen LogP contribution is -2.39. The number of nitrogens with zero attached hydrogens (tertiary/aromatic N) is 2. The minimum atomic E-state index is -0.355. The van der Waals surface area contributed by atoms with Gasteiger partial charge in [-0.05, 0) is 49.4 Å². The normalized spacial score (nSPS) is 19.3. The maximum absolute atomic E-state index is 13.8. The first-order valence-corrected chi connectivity index (χ1v) is 10.6. The van der Waals surface area contributed by atoms with Crippen LogP contribution in [0.25, 0.3) is 5.57 Å². The molecule has 4 rings (SSSR count). The van der Waals surface area contributed by atoms with E-state index in [4.69, 9.17) is 9.47 Å². The van der Waals surface area contributed by atoms with Crippen molar-refractivity contribution in [2.45, 2.75) is 26.7 Å². The highest BCUT2D eigenvalue weighted by molar-refractivity contribution is 6.46. The molecule has 6 nitrogen and oxygen atoms in total. The van der Waals surface area contributed by atoms with Gasteiger partial charge in [0.15, 0.2) is 0 Å². The van der Waals surface area contributed by atoms with Crippen molar-refractivity contribution in [3.63, 3.8) is 0 Å². The summed E-state index contributed by atoms with van der Waals surface area (Å²) in [5.74, 6) is 0.834. The van der Waals surface area contributed by atoms with Crippen LogP contribution in [0.5, 0.6) is 11.5 Å². The summed E-state index contributed by atoms with van der Waals surface area (Å²) in [7, 11) is 3.12. The number of benzene rings is 2. The van der Waals surface area contributed by atoms with Gasteiger partial charge in [-0.25, -0.2) is 4.90 Å². The highest BCUT2D eigenvalue weighted by Crippen LogP contribution is 2.41. The van der Waals surface area contributed by atoms with Crippen molar-refractivity contribution >= 4 is 23.1 Å². The van der Waals surface area contributed by atoms with Crippen molar-refractivity contribution in [1.29, 1.82) is 0 Å². The highest BCUT2D eigenvalue weighted by atomic mass is 16.5. The Labute approximate surface area is 183 Å². The Morgan fingerprint density at radius 3 is 2.42 bits per heavy atom. The molecule has 0 saturated carbocycles. The second-order valence-electron chi connectivity index (χ2n) is 8.24. The molecule has 0 N–H and O–H groups in total. The first-order chi connectivity index (χ1) is 15.0. The van der Waals surface area contributed by atoms with Crippen LogP contribution >= 0.6 is 0 Å². The lowest BCUT2D eigenvalue weighted by molar-refractivity contribution is -0.120. The SMILES string of the molecule is COc1ccccc1C1=C(N2CCCC(C)C2)C(=O)N(c2cc(C)ccc2OC)C1=O. The minimum absolute atomic E-state index is 0.316. The number of amides is 2. The molecule has 162 valence electrons. The maximum Gasteiger partial charge on any atom is 0.282 e. The topological polar surface area (TPSA) is 59.1 Å². The van der Waals surface area contributed by atoms with Crippen molar-refractivity contribution in [1.82, 2.24) is 4.90 Å². The van der Waals surface area contributed by atoms with Gasteiger partial charge in [-0.3, -0.25) is 9.59 Å².